The fourth-order valence-corrected chi connectivity index (χ4v) is 4.06. The molecule has 25 heavy (non-hydrogen) atoms. The zero-order chi connectivity index (χ0) is 18.0. The van der Waals surface area contributed by atoms with Gasteiger partial charge in [-0.1, -0.05) is 76.6 Å². The molecule has 2 atom stereocenters. The van der Waals surface area contributed by atoms with Crippen LogP contribution in [0.3, 0.4) is 0 Å². The van der Waals surface area contributed by atoms with Gasteiger partial charge in [0.25, 0.3) is 0 Å². The molecule has 0 aromatic heterocycles. The number of hydrogen-bond acceptors (Lipinski definition) is 2. The first-order chi connectivity index (χ1) is 11.9. The molecule has 0 N–H and O–H groups in total. The van der Waals surface area contributed by atoms with Crippen molar-refractivity contribution >= 4 is 22.0 Å². The minimum atomic E-state index is -0.681. The average molecular weight is 400 g/mol. The summed E-state index contributed by atoms with van der Waals surface area (Å²) in [5.74, 6) is 0. The highest BCUT2D eigenvalue weighted by Crippen LogP contribution is 2.42. The monoisotopic (exact) mass is 399 g/mol. The Kier molecular flexibility index (Phi) is 5.00. The van der Waals surface area contributed by atoms with Gasteiger partial charge in [0.1, 0.15) is 0 Å². The lowest BCUT2D eigenvalue weighted by molar-refractivity contribution is 0.0547. The van der Waals surface area contributed by atoms with E-state index in [9.17, 15) is 4.79 Å². The second-order valence-corrected chi connectivity index (χ2v) is 7.54. The van der Waals surface area contributed by atoms with E-state index in [2.05, 4.69) is 22.5 Å². The predicted molar refractivity (Wildman–Crippen MR) is 103 cm³/mol. The van der Waals surface area contributed by atoms with Gasteiger partial charge in [0.2, 0.25) is 0 Å². The van der Waals surface area contributed by atoms with Gasteiger partial charge in [0.15, 0.2) is 5.60 Å². The number of ether oxygens (including phenoxy) is 1. The lowest BCUT2D eigenvalue weighted by Crippen LogP contribution is -2.33. The molecule has 1 fully saturated rings. The number of benzene rings is 2. The van der Waals surface area contributed by atoms with Gasteiger partial charge in [0.05, 0.1) is 12.6 Å². The van der Waals surface area contributed by atoms with E-state index in [1.54, 1.807) is 4.90 Å². The number of halogens is 1. The van der Waals surface area contributed by atoms with Gasteiger partial charge in [-0.3, -0.25) is 4.90 Å². The zero-order valence-corrected chi connectivity index (χ0v) is 16.1. The third kappa shape index (κ3) is 3.49. The van der Waals surface area contributed by atoms with Gasteiger partial charge < -0.3 is 4.74 Å². The van der Waals surface area contributed by atoms with Crippen molar-refractivity contribution in [2.45, 2.75) is 31.9 Å². The van der Waals surface area contributed by atoms with Crippen molar-refractivity contribution in [3.8, 4) is 0 Å². The minimum Gasteiger partial charge on any atom is -0.436 e. The van der Waals surface area contributed by atoms with Crippen LogP contribution in [-0.2, 0) is 10.3 Å². The van der Waals surface area contributed by atoms with Gasteiger partial charge >= 0.3 is 6.09 Å². The minimum absolute atomic E-state index is 0.0845. The van der Waals surface area contributed by atoms with Crippen LogP contribution < -0.4 is 0 Å². The standard InChI is InChI=1S/C21H22BrNO2/c1-15(2)13-21(17-9-5-4-6-10-17)14-23(20(24)25-21)16(3)18-11-7-8-12-19(18)22/h4-12,16H,1,13-14H2,2-3H3. The summed E-state index contributed by atoms with van der Waals surface area (Å²) in [6, 6.07) is 17.8. The molecule has 1 aliphatic rings. The number of carbonyl (C=O) groups excluding carboxylic acids is 1. The Morgan fingerprint density at radius 3 is 2.52 bits per heavy atom. The van der Waals surface area contributed by atoms with E-state index in [0.29, 0.717) is 13.0 Å². The van der Waals surface area contributed by atoms with E-state index in [4.69, 9.17) is 4.74 Å². The van der Waals surface area contributed by atoms with Crippen molar-refractivity contribution in [1.29, 1.82) is 0 Å². The first kappa shape index (κ1) is 17.7. The molecule has 1 amide bonds. The van der Waals surface area contributed by atoms with Gasteiger partial charge in [-0.25, -0.2) is 4.79 Å². The van der Waals surface area contributed by atoms with Crippen LogP contribution in [0, 0.1) is 0 Å². The maximum atomic E-state index is 12.7. The zero-order valence-electron chi connectivity index (χ0n) is 14.5. The normalized spacial score (nSPS) is 21.1. The molecule has 4 heteroatoms. The predicted octanol–water partition coefficient (Wildman–Crippen LogP) is 5.82. The lowest BCUT2D eigenvalue weighted by Gasteiger charge is -2.29. The molecule has 2 unspecified atom stereocenters. The van der Waals surface area contributed by atoms with E-state index in [1.165, 1.54) is 0 Å². The summed E-state index contributed by atoms with van der Waals surface area (Å²) in [7, 11) is 0. The quantitative estimate of drug-likeness (QED) is 0.592. The van der Waals surface area contributed by atoms with Crippen LogP contribution in [0.2, 0.25) is 0 Å². The Bertz CT molecular complexity index is 789. The van der Waals surface area contributed by atoms with Crippen molar-refractivity contribution in [3.63, 3.8) is 0 Å². The molecule has 1 saturated heterocycles. The van der Waals surface area contributed by atoms with Gasteiger partial charge in [-0.2, -0.15) is 0 Å². The highest BCUT2D eigenvalue weighted by Gasteiger charge is 2.48. The Morgan fingerprint density at radius 1 is 1.24 bits per heavy atom. The fourth-order valence-electron chi connectivity index (χ4n) is 3.45. The van der Waals surface area contributed by atoms with Gasteiger partial charge in [0, 0.05) is 10.9 Å². The number of rotatable bonds is 5. The lowest BCUT2D eigenvalue weighted by atomic mass is 9.87. The molecule has 0 aliphatic carbocycles. The molecule has 3 rings (SSSR count). The molecule has 2 aromatic rings. The highest BCUT2D eigenvalue weighted by molar-refractivity contribution is 9.10. The molecule has 1 heterocycles. The first-order valence-corrected chi connectivity index (χ1v) is 9.16. The van der Waals surface area contributed by atoms with Crippen molar-refractivity contribution in [3.05, 3.63) is 82.3 Å². The largest absolute Gasteiger partial charge is 0.436 e. The second-order valence-electron chi connectivity index (χ2n) is 6.69. The van der Waals surface area contributed by atoms with Crippen molar-refractivity contribution in [2.24, 2.45) is 0 Å². The molecule has 0 saturated carbocycles. The summed E-state index contributed by atoms with van der Waals surface area (Å²) in [6.45, 7) is 8.55. The van der Waals surface area contributed by atoms with E-state index in [-0.39, 0.29) is 12.1 Å². The third-order valence-electron chi connectivity index (χ3n) is 4.65. The molecule has 3 nitrogen and oxygen atoms in total. The number of hydrogen-bond donors (Lipinski definition) is 0. The Labute approximate surface area is 157 Å². The van der Waals surface area contributed by atoms with Crippen molar-refractivity contribution in [2.75, 3.05) is 6.54 Å². The third-order valence-corrected chi connectivity index (χ3v) is 5.38. The number of cyclic esters (lactones) is 1. The molecular formula is C21H22BrNO2. The van der Waals surface area contributed by atoms with E-state index >= 15 is 0 Å². The number of carbonyl (C=O) groups is 1. The summed E-state index contributed by atoms with van der Waals surface area (Å²) < 4.78 is 6.94. The smallest absolute Gasteiger partial charge is 0.411 e. The average Bonchev–Trinajstić information content (AvgIpc) is 2.92. The molecule has 0 radical (unpaired) electrons. The number of nitrogens with zero attached hydrogens (tertiary/aromatic N) is 1. The van der Waals surface area contributed by atoms with Gasteiger partial charge in [-0.05, 0) is 31.0 Å². The number of amides is 1. The van der Waals surface area contributed by atoms with Crippen molar-refractivity contribution in [1.82, 2.24) is 4.90 Å². The summed E-state index contributed by atoms with van der Waals surface area (Å²) in [5.41, 5.74) is 2.39. The molecule has 0 spiro atoms. The molecule has 0 bridgehead atoms. The van der Waals surface area contributed by atoms with Crippen LogP contribution in [0.4, 0.5) is 4.79 Å². The topological polar surface area (TPSA) is 29.5 Å². The SMILES string of the molecule is C=C(C)CC1(c2ccccc2)CN(C(C)c2ccccc2Br)C(=O)O1. The van der Waals surface area contributed by atoms with Crippen molar-refractivity contribution < 1.29 is 9.53 Å². The van der Waals surface area contributed by atoms with Crippen LogP contribution in [0.5, 0.6) is 0 Å². The van der Waals surface area contributed by atoms with Crippen LogP contribution >= 0.6 is 15.9 Å². The van der Waals surface area contributed by atoms with E-state index in [1.807, 2.05) is 68.4 Å². The van der Waals surface area contributed by atoms with E-state index in [0.717, 1.165) is 21.2 Å². The Balaban J connectivity index is 1.96. The van der Waals surface area contributed by atoms with Crippen LogP contribution in [0.25, 0.3) is 0 Å². The first-order valence-electron chi connectivity index (χ1n) is 8.37. The van der Waals surface area contributed by atoms with Crippen LogP contribution in [0.1, 0.15) is 37.4 Å². The molecular weight excluding hydrogens is 378 g/mol. The maximum absolute atomic E-state index is 12.7. The Hall–Kier alpha value is -2.07. The summed E-state index contributed by atoms with van der Waals surface area (Å²) in [5, 5.41) is 0. The van der Waals surface area contributed by atoms with Crippen LogP contribution in [0.15, 0.2) is 71.2 Å². The maximum Gasteiger partial charge on any atom is 0.411 e. The second kappa shape index (κ2) is 7.04. The molecule has 130 valence electrons. The summed E-state index contributed by atoms with van der Waals surface area (Å²) in [4.78, 5) is 14.5. The van der Waals surface area contributed by atoms with E-state index < -0.39 is 5.60 Å². The molecule has 1 aliphatic heterocycles. The summed E-state index contributed by atoms with van der Waals surface area (Å²) in [6.07, 6.45) is 0.329. The summed E-state index contributed by atoms with van der Waals surface area (Å²) >= 11 is 3.58. The van der Waals surface area contributed by atoms with Gasteiger partial charge in [-0.15, -0.1) is 0 Å². The van der Waals surface area contributed by atoms with Crippen LogP contribution in [-0.4, -0.2) is 17.5 Å². The molecule has 2 aromatic carbocycles. The highest BCUT2D eigenvalue weighted by atomic mass is 79.9. The fraction of sp³-hybridized carbons (Fsp3) is 0.286. The Morgan fingerprint density at radius 2 is 1.88 bits per heavy atom.